The summed E-state index contributed by atoms with van der Waals surface area (Å²) in [7, 11) is 0. The average molecular weight is 356 g/mol. The van der Waals surface area contributed by atoms with E-state index in [0.717, 1.165) is 0 Å². The number of para-hydroxylation sites is 1. The summed E-state index contributed by atoms with van der Waals surface area (Å²) in [4.78, 5) is 23.3. The molecule has 0 unspecified atom stereocenters. The summed E-state index contributed by atoms with van der Waals surface area (Å²) in [6.07, 6.45) is -0.0943. The van der Waals surface area contributed by atoms with Crippen LogP contribution >= 0.6 is 23.2 Å². The highest BCUT2D eigenvalue weighted by Gasteiger charge is 2.12. The van der Waals surface area contributed by atoms with Crippen LogP contribution in [0, 0.1) is 5.82 Å². The number of carbonyl (C=O) groups is 2. The van der Waals surface area contributed by atoms with E-state index in [0.29, 0.717) is 15.6 Å². The van der Waals surface area contributed by atoms with Crippen LogP contribution in [0.4, 0.5) is 10.1 Å². The van der Waals surface area contributed by atoms with E-state index in [2.05, 4.69) is 5.32 Å². The van der Waals surface area contributed by atoms with E-state index in [1.807, 2.05) is 0 Å². The molecule has 0 heterocycles. The fourth-order valence-electron chi connectivity index (χ4n) is 1.77. The van der Waals surface area contributed by atoms with Gasteiger partial charge >= 0.3 is 5.97 Å². The maximum absolute atomic E-state index is 13.4. The Morgan fingerprint density at radius 1 is 1.13 bits per heavy atom. The lowest BCUT2D eigenvalue weighted by Gasteiger charge is -2.08. The van der Waals surface area contributed by atoms with Crippen LogP contribution < -0.4 is 5.32 Å². The van der Waals surface area contributed by atoms with Crippen LogP contribution in [0.5, 0.6) is 0 Å². The van der Waals surface area contributed by atoms with Crippen LogP contribution in [0.1, 0.15) is 5.56 Å². The molecule has 0 spiro atoms. The number of rotatable bonds is 5. The molecule has 0 aliphatic carbocycles. The first-order valence-corrected chi connectivity index (χ1v) is 7.35. The highest BCUT2D eigenvalue weighted by Crippen LogP contribution is 2.21. The van der Waals surface area contributed by atoms with Crippen molar-refractivity contribution in [2.75, 3.05) is 11.9 Å². The molecule has 23 heavy (non-hydrogen) atoms. The van der Waals surface area contributed by atoms with Crippen molar-refractivity contribution in [1.29, 1.82) is 0 Å². The number of halogens is 3. The SMILES string of the molecule is O=C(COC(=O)Cc1ccc(Cl)cc1Cl)Nc1ccccc1F. The third-order valence-electron chi connectivity index (χ3n) is 2.86. The molecule has 120 valence electrons. The van der Waals surface area contributed by atoms with Crippen molar-refractivity contribution in [3.63, 3.8) is 0 Å². The molecule has 0 atom stereocenters. The fraction of sp³-hybridized carbons (Fsp3) is 0.125. The molecule has 1 amide bonds. The summed E-state index contributed by atoms with van der Waals surface area (Å²) < 4.78 is 18.2. The number of anilines is 1. The van der Waals surface area contributed by atoms with Gasteiger partial charge in [0.25, 0.3) is 5.91 Å². The average Bonchev–Trinajstić information content (AvgIpc) is 2.50. The Balaban J connectivity index is 1.84. The molecule has 0 saturated carbocycles. The molecule has 0 aliphatic heterocycles. The molecule has 0 radical (unpaired) electrons. The smallest absolute Gasteiger partial charge is 0.310 e. The second-order valence-corrected chi connectivity index (χ2v) is 5.44. The second-order valence-electron chi connectivity index (χ2n) is 4.60. The standard InChI is InChI=1S/C16H12Cl2FNO3/c17-11-6-5-10(12(18)8-11)7-16(22)23-9-15(21)20-14-4-2-1-3-13(14)19/h1-6,8H,7,9H2,(H,20,21). The van der Waals surface area contributed by atoms with Crippen LogP contribution in [0.3, 0.4) is 0 Å². The Kier molecular flexibility index (Phi) is 5.96. The first kappa shape index (κ1) is 17.2. The van der Waals surface area contributed by atoms with Crippen molar-refractivity contribution in [3.05, 3.63) is 63.9 Å². The topological polar surface area (TPSA) is 55.4 Å². The number of benzene rings is 2. The zero-order valence-corrected chi connectivity index (χ0v) is 13.3. The summed E-state index contributed by atoms with van der Waals surface area (Å²) in [5, 5.41) is 3.11. The van der Waals surface area contributed by atoms with Crippen LogP contribution in [-0.4, -0.2) is 18.5 Å². The summed E-state index contributed by atoms with van der Waals surface area (Å²) in [6, 6.07) is 10.4. The van der Waals surface area contributed by atoms with Crippen LogP contribution in [0.15, 0.2) is 42.5 Å². The maximum atomic E-state index is 13.4. The number of hydrogen-bond donors (Lipinski definition) is 1. The van der Waals surface area contributed by atoms with Gasteiger partial charge in [0.2, 0.25) is 0 Å². The summed E-state index contributed by atoms with van der Waals surface area (Å²) in [6.45, 7) is -0.515. The van der Waals surface area contributed by atoms with Crippen molar-refractivity contribution >= 4 is 40.8 Å². The van der Waals surface area contributed by atoms with Gasteiger partial charge in [0.1, 0.15) is 5.82 Å². The van der Waals surface area contributed by atoms with Gasteiger partial charge in [-0.15, -0.1) is 0 Å². The van der Waals surface area contributed by atoms with E-state index >= 15 is 0 Å². The zero-order chi connectivity index (χ0) is 16.8. The summed E-state index contributed by atoms with van der Waals surface area (Å²) in [5.41, 5.74) is 0.560. The molecule has 4 nitrogen and oxygen atoms in total. The zero-order valence-electron chi connectivity index (χ0n) is 11.8. The second kappa shape index (κ2) is 7.94. The highest BCUT2D eigenvalue weighted by molar-refractivity contribution is 6.35. The molecule has 0 aliphatic rings. The largest absolute Gasteiger partial charge is 0.455 e. The first-order chi connectivity index (χ1) is 11.0. The minimum absolute atomic E-state index is 0.0225. The van der Waals surface area contributed by atoms with Crippen molar-refractivity contribution in [2.45, 2.75) is 6.42 Å². The lowest BCUT2D eigenvalue weighted by molar-refractivity contribution is -0.146. The molecule has 2 aromatic carbocycles. The molecule has 0 bridgehead atoms. The number of amides is 1. The minimum atomic E-state index is -0.634. The quantitative estimate of drug-likeness (QED) is 0.828. The number of nitrogens with one attached hydrogen (secondary N) is 1. The molecular formula is C16H12Cl2FNO3. The molecule has 0 fully saturated rings. The predicted molar refractivity (Wildman–Crippen MR) is 86.2 cm³/mol. The molecule has 0 saturated heterocycles. The number of ether oxygens (including phenoxy) is 1. The monoisotopic (exact) mass is 355 g/mol. The molecular weight excluding hydrogens is 344 g/mol. The number of hydrogen-bond acceptors (Lipinski definition) is 3. The van der Waals surface area contributed by atoms with E-state index in [9.17, 15) is 14.0 Å². The Hall–Kier alpha value is -2.11. The normalized spacial score (nSPS) is 10.2. The number of carbonyl (C=O) groups excluding carboxylic acids is 2. The lowest BCUT2D eigenvalue weighted by atomic mass is 10.1. The van der Waals surface area contributed by atoms with E-state index in [-0.39, 0.29) is 12.1 Å². The van der Waals surface area contributed by atoms with E-state index in [1.165, 1.54) is 24.3 Å². The van der Waals surface area contributed by atoms with Gasteiger partial charge in [-0.05, 0) is 29.8 Å². The van der Waals surface area contributed by atoms with Crippen molar-refractivity contribution in [3.8, 4) is 0 Å². The lowest BCUT2D eigenvalue weighted by Crippen LogP contribution is -2.22. The minimum Gasteiger partial charge on any atom is -0.455 e. The summed E-state index contributed by atoms with van der Waals surface area (Å²) >= 11 is 11.7. The molecule has 1 N–H and O–H groups in total. The van der Waals surface area contributed by atoms with Gasteiger partial charge < -0.3 is 10.1 Å². The fourth-order valence-corrected chi connectivity index (χ4v) is 2.24. The molecule has 2 aromatic rings. The van der Waals surface area contributed by atoms with Crippen molar-refractivity contribution in [2.24, 2.45) is 0 Å². The van der Waals surface area contributed by atoms with Gasteiger partial charge in [-0.2, -0.15) is 0 Å². The Labute approximate surface area is 142 Å². The summed E-state index contributed by atoms with van der Waals surface area (Å²) in [5.74, 6) is -1.83. The molecule has 0 aromatic heterocycles. The van der Waals surface area contributed by atoms with Gasteiger partial charge in [-0.3, -0.25) is 9.59 Å². The number of esters is 1. The van der Waals surface area contributed by atoms with E-state index in [4.69, 9.17) is 27.9 Å². The van der Waals surface area contributed by atoms with Crippen molar-refractivity contribution in [1.82, 2.24) is 0 Å². The predicted octanol–water partition coefficient (Wildman–Crippen LogP) is 3.86. The van der Waals surface area contributed by atoms with Crippen molar-refractivity contribution < 1.29 is 18.7 Å². The van der Waals surface area contributed by atoms with Gasteiger partial charge in [-0.1, -0.05) is 41.4 Å². The Bertz CT molecular complexity index is 737. The molecule has 2 rings (SSSR count). The van der Waals surface area contributed by atoms with Crippen LogP contribution in [0.2, 0.25) is 10.0 Å². The highest BCUT2D eigenvalue weighted by atomic mass is 35.5. The Morgan fingerprint density at radius 2 is 1.87 bits per heavy atom. The van der Waals surface area contributed by atoms with E-state index < -0.39 is 24.3 Å². The van der Waals surface area contributed by atoms with Gasteiger partial charge in [0, 0.05) is 10.0 Å². The maximum Gasteiger partial charge on any atom is 0.310 e. The van der Waals surface area contributed by atoms with E-state index in [1.54, 1.807) is 18.2 Å². The van der Waals surface area contributed by atoms with Gasteiger partial charge in [0.15, 0.2) is 6.61 Å². The van der Waals surface area contributed by atoms with Crippen LogP contribution in [0.25, 0.3) is 0 Å². The van der Waals surface area contributed by atoms with Crippen LogP contribution in [-0.2, 0) is 20.7 Å². The van der Waals surface area contributed by atoms with Gasteiger partial charge in [-0.25, -0.2) is 4.39 Å². The third-order valence-corrected chi connectivity index (χ3v) is 3.45. The third kappa shape index (κ3) is 5.23. The first-order valence-electron chi connectivity index (χ1n) is 6.59. The van der Waals surface area contributed by atoms with Gasteiger partial charge in [0.05, 0.1) is 12.1 Å². The molecule has 7 heteroatoms. The Morgan fingerprint density at radius 3 is 2.57 bits per heavy atom.